The number of aliphatic imine (C=N–C) groups is 1. The van der Waals surface area contributed by atoms with Crippen LogP contribution in [0.2, 0.25) is 0 Å². The third-order valence-electron chi connectivity index (χ3n) is 2.32. The highest BCUT2D eigenvalue weighted by atomic mass is 16.2. The van der Waals surface area contributed by atoms with Crippen LogP contribution in [0.3, 0.4) is 0 Å². The van der Waals surface area contributed by atoms with Gasteiger partial charge in [-0.05, 0) is 6.07 Å². The molecule has 100 valence electrons. The summed E-state index contributed by atoms with van der Waals surface area (Å²) in [6, 6.07) is 1.88. The normalized spacial score (nSPS) is 11.2. The van der Waals surface area contributed by atoms with Crippen molar-refractivity contribution in [3.63, 3.8) is 0 Å². The molecule has 1 rings (SSSR count). The summed E-state index contributed by atoms with van der Waals surface area (Å²) in [6.07, 6.45) is 3.64. The molecule has 0 aromatic carbocycles. The van der Waals surface area contributed by atoms with Crippen molar-refractivity contribution < 1.29 is 4.79 Å². The molecular formula is C11H20N6O. The van der Waals surface area contributed by atoms with Crippen molar-refractivity contribution in [2.75, 3.05) is 34.2 Å². The second-order valence-electron chi connectivity index (χ2n) is 3.91. The molecule has 0 aliphatic heterocycles. The summed E-state index contributed by atoms with van der Waals surface area (Å²) in [4.78, 5) is 17.0. The minimum atomic E-state index is 0.00465. The molecule has 0 spiro atoms. The van der Waals surface area contributed by atoms with Crippen molar-refractivity contribution >= 4 is 11.9 Å². The number of nitrogens with one attached hydrogen (secondary N) is 2. The van der Waals surface area contributed by atoms with Crippen molar-refractivity contribution in [1.29, 1.82) is 0 Å². The highest BCUT2D eigenvalue weighted by Crippen LogP contribution is 1.82. The van der Waals surface area contributed by atoms with Gasteiger partial charge in [0.1, 0.15) is 0 Å². The van der Waals surface area contributed by atoms with Crippen molar-refractivity contribution in [3.05, 3.63) is 18.5 Å². The van der Waals surface area contributed by atoms with Crippen molar-refractivity contribution in [1.82, 2.24) is 25.3 Å². The zero-order valence-electron chi connectivity index (χ0n) is 11.1. The van der Waals surface area contributed by atoms with Crippen LogP contribution in [0.1, 0.15) is 0 Å². The molecule has 0 saturated carbocycles. The standard InChI is InChI=1S/C11H20N6O/c1-12-11(14-9-10(18)16(2)3)13-6-8-17-7-4-5-15-17/h4-5,7H,6,8-9H2,1-3H3,(H2,12,13,14). The fourth-order valence-corrected chi connectivity index (χ4v) is 1.26. The number of aromatic nitrogens is 2. The molecule has 0 fully saturated rings. The van der Waals surface area contributed by atoms with Crippen molar-refractivity contribution in [2.24, 2.45) is 4.99 Å². The van der Waals surface area contributed by atoms with Crippen LogP contribution in [-0.2, 0) is 11.3 Å². The SMILES string of the molecule is CN=C(NCCn1cccn1)NCC(=O)N(C)C. The molecule has 1 aromatic rings. The predicted octanol–water partition coefficient (Wildman–Crippen LogP) is -0.864. The summed E-state index contributed by atoms with van der Waals surface area (Å²) >= 11 is 0. The lowest BCUT2D eigenvalue weighted by Gasteiger charge is -2.14. The lowest BCUT2D eigenvalue weighted by molar-refractivity contribution is -0.127. The van der Waals surface area contributed by atoms with Gasteiger partial charge in [-0.1, -0.05) is 0 Å². The van der Waals surface area contributed by atoms with E-state index in [2.05, 4.69) is 20.7 Å². The number of carbonyl (C=O) groups is 1. The summed E-state index contributed by atoms with van der Waals surface area (Å²) in [5.41, 5.74) is 0. The molecule has 0 radical (unpaired) electrons. The molecule has 7 heteroatoms. The second-order valence-corrected chi connectivity index (χ2v) is 3.91. The third-order valence-corrected chi connectivity index (χ3v) is 2.32. The Morgan fingerprint density at radius 1 is 1.44 bits per heavy atom. The Hall–Kier alpha value is -2.05. The second kappa shape index (κ2) is 7.31. The number of hydrogen-bond acceptors (Lipinski definition) is 3. The number of likely N-dealkylation sites (N-methyl/N-ethyl adjacent to an activating group) is 1. The van der Waals surface area contributed by atoms with Gasteiger partial charge in [0.25, 0.3) is 0 Å². The van der Waals surface area contributed by atoms with Crippen LogP contribution in [0.25, 0.3) is 0 Å². The smallest absolute Gasteiger partial charge is 0.241 e. The van der Waals surface area contributed by atoms with E-state index in [1.807, 2.05) is 16.9 Å². The summed E-state index contributed by atoms with van der Waals surface area (Å²) < 4.78 is 1.82. The summed E-state index contributed by atoms with van der Waals surface area (Å²) in [5.74, 6) is 0.613. The lowest BCUT2D eigenvalue weighted by atomic mass is 10.5. The number of amides is 1. The van der Waals surface area contributed by atoms with E-state index in [1.165, 1.54) is 4.90 Å². The maximum atomic E-state index is 11.4. The van der Waals surface area contributed by atoms with Crippen LogP contribution in [0, 0.1) is 0 Å². The molecule has 18 heavy (non-hydrogen) atoms. The zero-order chi connectivity index (χ0) is 13.4. The Morgan fingerprint density at radius 3 is 2.78 bits per heavy atom. The molecule has 0 aliphatic rings. The first-order valence-corrected chi connectivity index (χ1v) is 5.75. The van der Waals surface area contributed by atoms with E-state index in [0.717, 1.165) is 6.54 Å². The van der Waals surface area contributed by atoms with Gasteiger partial charge in [0.05, 0.1) is 13.1 Å². The predicted molar refractivity (Wildman–Crippen MR) is 70.3 cm³/mol. The summed E-state index contributed by atoms with van der Waals surface area (Å²) in [7, 11) is 5.11. The first-order valence-electron chi connectivity index (χ1n) is 5.75. The molecule has 0 saturated heterocycles. The number of nitrogens with zero attached hydrogens (tertiary/aromatic N) is 4. The molecule has 1 aromatic heterocycles. The molecule has 2 N–H and O–H groups in total. The van der Waals surface area contributed by atoms with Gasteiger partial charge in [-0.15, -0.1) is 0 Å². The maximum absolute atomic E-state index is 11.4. The minimum Gasteiger partial charge on any atom is -0.355 e. The van der Waals surface area contributed by atoms with Crippen LogP contribution < -0.4 is 10.6 Å². The van der Waals surface area contributed by atoms with E-state index in [1.54, 1.807) is 27.3 Å². The Labute approximate surface area is 107 Å². The van der Waals surface area contributed by atoms with Gasteiger partial charge in [0.15, 0.2) is 5.96 Å². The first kappa shape index (κ1) is 14.0. The van der Waals surface area contributed by atoms with Gasteiger partial charge in [-0.2, -0.15) is 5.10 Å². The molecule has 1 amide bonds. The van der Waals surface area contributed by atoms with Gasteiger partial charge in [-0.25, -0.2) is 0 Å². The monoisotopic (exact) mass is 252 g/mol. The molecule has 0 atom stereocenters. The zero-order valence-corrected chi connectivity index (χ0v) is 11.1. The third kappa shape index (κ3) is 4.86. The average molecular weight is 252 g/mol. The van der Waals surface area contributed by atoms with E-state index in [-0.39, 0.29) is 12.5 Å². The molecular weight excluding hydrogens is 232 g/mol. The maximum Gasteiger partial charge on any atom is 0.241 e. The van der Waals surface area contributed by atoms with Gasteiger partial charge in [-0.3, -0.25) is 14.5 Å². The highest BCUT2D eigenvalue weighted by Gasteiger charge is 2.04. The number of rotatable bonds is 5. The van der Waals surface area contributed by atoms with Gasteiger partial charge < -0.3 is 15.5 Å². The van der Waals surface area contributed by atoms with E-state index in [4.69, 9.17) is 0 Å². The molecule has 7 nitrogen and oxygen atoms in total. The van der Waals surface area contributed by atoms with Crippen molar-refractivity contribution in [2.45, 2.75) is 6.54 Å². The minimum absolute atomic E-state index is 0.00465. The van der Waals surface area contributed by atoms with Crippen LogP contribution in [-0.4, -0.2) is 60.8 Å². The molecule has 0 aliphatic carbocycles. The average Bonchev–Trinajstić information content (AvgIpc) is 2.85. The van der Waals surface area contributed by atoms with E-state index >= 15 is 0 Å². The van der Waals surface area contributed by atoms with Crippen LogP contribution in [0.5, 0.6) is 0 Å². The summed E-state index contributed by atoms with van der Waals surface area (Å²) in [5, 5.41) is 10.1. The Morgan fingerprint density at radius 2 is 2.22 bits per heavy atom. The van der Waals surface area contributed by atoms with Gasteiger partial charge >= 0.3 is 0 Å². The molecule has 0 unspecified atom stereocenters. The van der Waals surface area contributed by atoms with Crippen LogP contribution >= 0.6 is 0 Å². The summed E-state index contributed by atoms with van der Waals surface area (Å²) in [6.45, 7) is 1.67. The van der Waals surface area contributed by atoms with Gasteiger partial charge in [0.2, 0.25) is 5.91 Å². The van der Waals surface area contributed by atoms with Crippen LogP contribution in [0.4, 0.5) is 0 Å². The van der Waals surface area contributed by atoms with E-state index in [9.17, 15) is 4.79 Å². The fourth-order valence-electron chi connectivity index (χ4n) is 1.26. The van der Waals surface area contributed by atoms with Crippen LogP contribution in [0.15, 0.2) is 23.5 Å². The largest absolute Gasteiger partial charge is 0.355 e. The number of carbonyl (C=O) groups excluding carboxylic acids is 1. The lowest BCUT2D eigenvalue weighted by Crippen LogP contribution is -2.43. The number of hydrogen-bond donors (Lipinski definition) is 2. The van der Waals surface area contributed by atoms with Gasteiger partial charge in [0, 0.05) is 40.1 Å². The Bertz CT molecular complexity index is 384. The number of guanidine groups is 1. The topological polar surface area (TPSA) is 74.5 Å². The quantitative estimate of drug-likeness (QED) is 0.528. The Kier molecular flexibility index (Phi) is 5.69. The Balaban J connectivity index is 2.24. The highest BCUT2D eigenvalue weighted by molar-refractivity contribution is 5.86. The molecule has 1 heterocycles. The first-order chi connectivity index (χ1) is 8.63. The van der Waals surface area contributed by atoms with E-state index in [0.29, 0.717) is 12.5 Å². The van der Waals surface area contributed by atoms with E-state index < -0.39 is 0 Å². The fraction of sp³-hybridized carbons (Fsp3) is 0.545. The van der Waals surface area contributed by atoms with Crippen molar-refractivity contribution in [3.8, 4) is 0 Å². The molecule has 0 bridgehead atoms.